The highest BCUT2D eigenvalue weighted by molar-refractivity contribution is 7.49. The summed E-state index contributed by atoms with van der Waals surface area (Å²) in [7, 11) is 1.63. The lowest BCUT2D eigenvalue weighted by Crippen LogP contribution is -2.37. The Morgan fingerprint density at radius 2 is 0.943 bits per heavy atom. The summed E-state index contributed by atoms with van der Waals surface area (Å²) in [4.78, 5) is 24.6. The molecule has 8 heteroatoms. The van der Waals surface area contributed by atoms with Gasteiger partial charge in [-0.1, -0.05) is 104 Å². The van der Waals surface area contributed by atoms with Crippen LogP contribution in [-0.4, -0.2) is 50.7 Å². The monoisotopic (exact) mass is 520 g/mol. The second-order valence-electron chi connectivity index (χ2n) is 10.7. The van der Waals surface area contributed by atoms with E-state index in [1.165, 1.54) is 51.4 Å². The Morgan fingerprint density at radius 1 is 0.600 bits per heavy atom. The molecule has 0 aromatic carbocycles. The van der Waals surface area contributed by atoms with Crippen molar-refractivity contribution in [1.82, 2.24) is 0 Å². The van der Waals surface area contributed by atoms with Crippen LogP contribution in [0.15, 0.2) is 0 Å². The van der Waals surface area contributed by atoms with Gasteiger partial charge < -0.3 is 13.5 Å². The summed E-state index contributed by atoms with van der Waals surface area (Å²) in [5, 5.41) is 0. The van der Waals surface area contributed by atoms with E-state index < -0.39 is 19.8 Å². The molecule has 0 aliphatic rings. The van der Waals surface area contributed by atoms with Crippen molar-refractivity contribution in [3.8, 4) is 0 Å². The van der Waals surface area contributed by atoms with Crippen LogP contribution in [0.25, 0.3) is 0 Å². The summed E-state index contributed by atoms with van der Waals surface area (Å²) in [6, 6.07) is 0. The highest BCUT2D eigenvalue weighted by atomic mass is 31.2. The quantitative estimate of drug-likeness (QED) is 0.0729. The van der Waals surface area contributed by atoms with Crippen LogP contribution in [0.1, 0.15) is 129 Å². The Hall–Kier alpha value is -0.910. The maximum absolute atomic E-state index is 13.1. The molecule has 0 saturated heterocycles. The van der Waals surface area contributed by atoms with Crippen LogP contribution in [0.5, 0.6) is 0 Å². The molecule has 0 rings (SSSR count). The lowest BCUT2D eigenvalue weighted by Gasteiger charge is -2.24. The van der Waals surface area contributed by atoms with E-state index in [2.05, 4.69) is 13.8 Å². The zero-order valence-corrected chi connectivity index (χ0v) is 24.4. The molecule has 0 aromatic heterocycles. The predicted molar refractivity (Wildman–Crippen MR) is 143 cm³/mol. The van der Waals surface area contributed by atoms with Crippen LogP contribution in [0.2, 0.25) is 0 Å². The van der Waals surface area contributed by atoms with Crippen LogP contribution in [0.4, 0.5) is 0 Å². The van der Waals surface area contributed by atoms with Gasteiger partial charge in [0.25, 0.3) is 0 Å². The molecule has 0 aliphatic heterocycles. The van der Waals surface area contributed by atoms with Gasteiger partial charge in [0.15, 0.2) is 0 Å². The number of rotatable bonds is 24. The van der Waals surface area contributed by atoms with E-state index in [-0.39, 0.29) is 19.4 Å². The van der Waals surface area contributed by atoms with Crippen molar-refractivity contribution in [3.05, 3.63) is 0 Å². The second kappa shape index (κ2) is 21.2. The standard InChI is InChI=1S/C27H55NO6P/c1-6-8-10-12-14-16-18-20-22-26(29)33-35(31,32-25-24-28(3,4)5)34-27(30)23-21-19-17-15-13-11-9-7-2/h6-25H2,1-5H3/q+1. The molecule has 0 aromatic rings. The molecular formula is C27H55NO6P+. The van der Waals surface area contributed by atoms with Crippen LogP contribution in [0, 0.1) is 0 Å². The number of unbranched alkanes of at least 4 members (excludes halogenated alkanes) is 14. The number of phosphoric ester groups is 1. The van der Waals surface area contributed by atoms with E-state index in [0.29, 0.717) is 23.9 Å². The first-order valence-electron chi connectivity index (χ1n) is 14.1. The van der Waals surface area contributed by atoms with Crippen molar-refractivity contribution in [2.75, 3.05) is 34.3 Å². The first-order valence-corrected chi connectivity index (χ1v) is 15.6. The highest BCUT2D eigenvalue weighted by Crippen LogP contribution is 2.50. The zero-order valence-electron chi connectivity index (χ0n) is 23.5. The minimum atomic E-state index is -4.27. The zero-order chi connectivity index (χ0) is 26.4. The molecule has 0 fully saturated rings. The molecule has 0 spiro atoms. The van der Waals surface area contributed by atoms with Gasteiger partial charge in [-0.15, -0.1) is 0 Å². The Labute approximate surface area is 215 Å². The molecule has 208 valence electrons. The van der Waals surface area contributed by atoms with Crippen molar-refractivity contribution in [2.45, 2.75) is 129 Å². The lowest BCUT2D eigenvalue weighted by molar-refractivity contribution is -0.870. The molecule has 7 nitrogen and oxygen atoms in total. The maximum atomic E-state index is 13.1. The molecule has 0 unspecified atom stereocenters. The van der Waals surface area contributed by atoms with Gasteiger partial charge in [0.2, 0.25) is 0 Å². The third kappa shape index (κ3) is 23.3. The van der Waals surface area contributed by atoms with E-state index >= 15 is 0 Å². The summed E-state index contributed by atoms with van der Waals surface area (Å²) in [6.07, 6.45) is 17.9. The third-order valence-corrected chi connectivity index (χ3v) is 7.26. The number of hydrogen-bond donors (Lipinski definition) is 0. The van der Waals surface area contributed by atoms with Crippen LogP contribution in [-0.2, 0) is 27.7 Å². The Kier molecular flexibility index (Phi) is 20.7. The molecule has 0 saturated carbocycles. The average Bonchev–Trinajstić information content (AvgIpc) is 2.76. The van der Waals surface area contributed by atoms with Crippen molar-refractivity contribution < 1.29 is 32.2 Å². The summed E-state index contributed by atoms with van der Waals surface area (Å²) in [5.74, 6) is -1.27. The number of nitrogens with zero attached hydrogens (tertiary/aromatic N) is 1. The maximum Gasteiger partial charge on any atom is 0.592 e. The molecule has 35 heavy (non-hydrogen) atoms. The van der Waals surface area contributed by atoms with Gasteiger partial charge in [0.05, 0.1) is 21.1 Å². The minimum Gasteiger partial charge on any atom is -0.361 e. The third-order valence-electron chi connectivity index (χ3n) is 5.91. The van der Waals surface area contributed by atoms with Crippen LogP contribution >= 0.6 is 7.82 Å². The van der Waals surface area contributed by atoms with E-state index in [4.69, 9.17) is 13.6 Å². The number of hydrogen-bond acceptors (Lipinski definition) is 6. The number of carbonyl (C=O) groups is 2. The molecule has 0 aliphatic carbocycles. The van der Waals surface area contributed by atoms with Gasteiger partial charge in [-0.2, -0.15) is 0 Å². The van der Waals surface area contributed by atoms with E-state index in [0.717, 1.165) is 38.5 Å². The Balaban J connectivity index is 4.43. The number of carbonyl (C=O) groups excluding carboxylic acids is 2. The van der Waals surface area contributed by atoms with Gasteiger partial charge in [-0.05, 0) is 12.8 Å². The van der Waals surface area contributed by atoms with Crippen molar-refractivity contribution in [2.24, 2.45) is 0 Å². The summed E-state index contributed by atoms with van der Waals surface area (Å²) < 4.78 is 29.2. The fourth-order valence-electron chi connectivity index (χ4n) is 3.64. The largest absolute Gasteiger partial charge is 0.592 e. The summed E-state index contributed by atoms with van der Waals surface area (Å²) in [5.41, 5.74) is 0. The van der Waals surface area contributed by atoms with Crippen molar-refractivity contribution >= 4 is 19.8 Å². The van der Waals surface area contributed by atoms with Crippen molar-refractivity contribution in [3.63, 3.8) is 0 Å². The van der Waals surface area contributed by atoms with Gasteiger partial charge in [0.1, 0.15) is 13.2 Å². The van der Waals surface area contributed by atoms with Gasteiger partial charge in [0, 0.05) is 12.8 Å². The molecule has 0 bridgehead atoms. The fraction of sp³-hybridized carbons (Fsp3) is 0.926. The highest BCUT2D eigenvalue weighted by Gasteiger charge is 2.35. The Morgan fingerprint density at radius 3 is 1.29 bits per heavy atom. The molecular weight excluding hydrogens is 465 g/mol. The van der Waals surface area contributed by atoms with Crippen molar-refractivity contribution in [1.29, 1.82) is 0 Å². The lowest BCUT2D eigenvalue weighted by atomic mass is 10.1. The molecule has 0 N–H and O–H groups in total. The van der Waals surface area contributed by atoms with E-state index in [1.807, 2.05) is 21.1 Å². The molecule has 0 amide bonds. The SMILES string of the molecule is CCCCCCCCCCC(=O)OP(=O)(OCC[N+](C)(C)C)OC(=O)CCCCCCCCCC. The van der Waals surface area contributed by atoms with Crippen LogP contribution in [0.3, 0.4) is 0 Å². The Bertz CT molecular complexity index is 553. The first-order chi connectivity index (χ1) is 16.6. The smallest absolute Gasteiger partial charge is 0.361 e. The van der Waals surface area contributed by atoms with Gasteiger partial charge in [-0.25, -0.2) is 4.57 Å². The van der Waals surface area contributed by atoms with E-state index in [1.54, 1.807) is 0 Å². The number of phosphoric acid groups is 1. The fourth-order valence-corrected chi connectivity index (χ4v) is 4.77. The second-order valence-corrected chi connectivity index (χ2v) is 12.2. The van der Waals surface area contributed by atoms with Crippen LogP contribution < -0.4 is 0 Å². The van der Waals surface area contributed by atoms with E-state index in [9.17, 15) is 14.2 Å². The molecule has 0 radical (unpaired) electrons. The normalized spacial score (nSPS) is 12.0. The number of likely N-dealkylation sites (N-methyl/N-ethyl adjacent to an activating group) is 1. The minimum absolute atomic E-state index is 0.0663. The molecule has 0 atom stereocenters. The average molecular weight is 521 g/mol. The predicted octanol–water partition coefficient (Wildman–Crippen LogP) is 7.97. The summed E-state index contributed by atoms with van der Waals surface area (Å²) in [6.45, 7) is 5.00. The summed E-state index contributed by atoms with van der Waals surface area (Å²) >= 11 is 0. The van der Waals surface area contributed by atoms with Gasteiger partial charge >= 0.3 is 19.8 Å². The first kappa shape index (κ1) is 34.1. The van der Waals surface area contributed by atoms with Gasteiger partial charge in [-0.3, -0.25) is 14.1 Å². The topological polar surface area (TPSA) is 78.9 Å². The molecule has 0 heterocycles. The number of quaternary nitrogens is 1.